The topological polar surface area (TPSA) is 34.1 Å². The molecule has 0 atom stereocenters. The maximum absolute atomic E-state index is 10.9. The van der Waals surface area contributed by atoms with Crippen molar-refractivity contribution in [3.8, 4) is 0 Å². The molecule has 2 rings (SSSR count). The molecule has 2 aliphatic rings. The van der Waals surface area contributed by atoms with Gasteiger partial charge in [0.15, 0.2) is 0 Å². The first-order valence-electron chi connectivity index (χ1n) is 5.20. The molecule has 0 spiro atoms. The highest BCUT2D eigenvalue weighted by atomic mass is 16.1. The Kier molecular flexibility index (Phi) is 3.10. The van der Waals surface area contributed by atoms with Crippen LogP contribution in [0.25, 0.3) is 0 Å². The summed E-state index contributed by atoms with van der Waals surface area (Å²) in [5, 5.41) is 0. The van der Waals surface area contributed by atoms with E-state index in [0.717, 1.165) is 30.1 Å². The van der Waals surface area contributed by atoms with E-state index in [0.29, 0.717) is 17.6 Å². The van der Waals surface area contributed by atoms with Gasteiger partial charge in [0.25, 0.3) is 0 Å². The molecule has 0 aromatic rings. The molecule has 2 heteroatoms. The predicted octanol–water partition coefficient (Wildman–Crippen LogP) is 2.45. The van der Waals surface area contributed by atoms with Gasteiger partial charge in [0.05, 0.1) is 0 Å². The van der Waals surface area contributed by atoms with Crippen molar-refractivity contribution < 1.29 is 9.59 Å². The maximum atomic E-state index is 10.9. The van der Waals surface area contributed by atoms with Crippen LogP contribution in [0.4, 0.5) is 0 Å². The van der Waals surface area contributed by atoms with Crippen molar-refractivity contribution in [2.75, 3.05) is 0 Å². The van der Waals surface area contributed by atoms with Gasteiger partial charge in [-0.3, -0.25) is 9.59 Å². The van der Waals surface area contributed by atoms with Gasteiger partial charge in [0.2, 0.25) is 0 Å². The first-order valence-corrected chi connectivity index (χ1v) is 5.20. The molecule has 0 aromatic carbocycles. The van der Waals surface area contributed by atoms with E-state index in [2.05, 4.69) is 0 Å². The smallest absolute Gasteiger partial charge is 0.146 e. The zero-order valence-corrected chi connectivity index (χ0v) is 8.85. The highest BCUT2D eigenvalue weighted by molar-refractivity contribution is 5.82. The molecule has 0 saturated heterocycles. The number of aldehydes is 2. The molecule has 0 amide bonds. The summed E-state index contributed by atoms with van der Waals surface area (Å²) < 4.78 is 0. The summed E-state index contributed by atoms with van der Waals surface area (Å²) in [6.07, 6.45) is 14.4. The minimum Gasteiger partial charge on any atom is -0.298 e. The molecular formula is C14H12O2. The lowest BCUT2D eigenvalue weighted by atomic mass is 9.94. The maximum Gasteiger partial charge on any atom is 0.146 e. The molecule has 2 bridgehead atoms. The zero-order valence-electron chi connectivity index (χ0n) is 8.85. The van der Waals surface area contributed by atoms with E-state index in [1.807, 2.05) is 36.5 Å². The minimum absolute atomic E-state index is 0.418. The fraction of sp³-hybridized carbons (Fsp3) is 0.143. The van der Waals surface area contributed by atoms with Crippen LogP contribution < -0.4 is 0 Å². The number of fused-ring (bicyclic) bond motifs is 2. The van der Waals surface area contributed by atoms with E-state index in [4.69, 9.17) is 0 Å². The highest BCUT2D eigenvalue weighted by Crippen LogP contribution is 2.24. The van der Waals surface area contributed by atoms with Crippen LogP contribution in [-0.2, 0) is 9.59 Å². The van der Waals surface area contributed by atoms with E-state index in [9.17, 15) is 9.59 Å². The SMILES string of the molecule is O=C/C1=C/C2=CC=CC=C(/C=C(/C=O)C1)C2. The Morgan fingerprint density at radius 1 is 0.812 bits per heavy atom. The molecule has 0 saturated carbocycles. The second-order valence-corrected chi connectivity index (χ2v) is 3.90. The number of carbonyl (C=O) groups excluding carboxylic acids is 2. The van der Waals surface area contributed by atoms with Crippen LogP contribution in [0.2, 0.25) is 0 Å². The monoisotopic (exact) mass is 212 g/mol. The number of hydrogen-bond acceptors (Lipinski definition) is 2. The van der Waals surface area contributed by atoms with Crippen LogP contribution in [-0.4, -0.2) is 12.6 Å². The summed E-state index contributed by atoms with van der Waals surface area (Å²) >= 11 is 0. The molecule has 0 fully saturated rings. The molecule has 80 valence electrons. The predicted molar refractivity (Wildman–Crippen MR) is 62.8 cm³/mol. The quantitative estimate of drug-likeness (QED) is 0.659. The molecule has 0 aromatic heterocycles. The van der Waals surface area contributed by atoms with Crippen LogP contribution >= 0.6 is 0 Å². The van der Waals surface area contributed by atoms with Crippen LogP contribution in [0.1, 0.15) is 12.8 Å². The Morgan fingerprint density at radius 3 is 1.75 bits per heavy atom. The number of allylic oxidation sites excluding steroid dienone is 10. The Labute approximate surface area is 94.3 Å². The van der Waals surface area contributed by atoms with Gasteiger partial charge in [-0.15, -0.1) is 0 Å². The van der Waals surface area contributed by atoms with Crippen molar-refractivity contribution in [1.82, 2.24) is 0 Å². The average Bonchev–Trinajstić information content (AvgIpc) is 2.50. The lowest BCUT2D eigenvalue weighted by molar-refractivity contribution is -0.105. The number of carbonyl (C=O) groups is 2. The Bertz CT molecular complexity index is 429. The minimum atomic E-state index is 0.418. The Morgan fingerprint density at radius 2 is 1.31 bits per heavy atom. The third kappa shape index (κ3) is 2.34. The van der Waals surface area contributed by atoms with Gasteiger partial charge in [-0.05, 0) is 28.7 Å². The van der Waals surface area contributed by atoms with E-state index >= 15 is 0 Å². The fourth-order valence-corrected chi connectivity index (χ4v) is 1.88. The Hall–Kier alpha value is -1.96. The zero-order chi connectivity index (χ0) is 11.4. The van der Waals surface area contributed by atoms with Gasteiger partial charge < -0.3 is 0 Å². The van der Waals surface area contributed by atoms with Gasteiger partial charge >= 0.3 is 0 Å². The summed E-state index contributed by atoms with van der Waals surface area (Å²) in [6.45, 7) is 0. The number of rotatable bonds is 2. The fourth-order valence-electron chi connectivity index (χ4n) is 1.88. The van der Waals surface area contributed by atoms with E-state index in [1.165, 1.54) is 0 Å². The second-order valence-electron chi connectivity index (χ2n) is 3.90. The summed E-state index contributed by atoms with van der Waals surface area (Å²) in [5.41, 5.74) is 3.50. The molecule has 0 aliphatic heterocycles. The van der Waals surface area contributed by atoms with Crippen molar-refractivity contribution in [3.63, 3.8) is 0 Å². The summed E-state index contributed by atoms with van der Waals surface area (Å²) in [7, 11) is 0. The number of hydrogen-bond donors (Lipinski definition) is 0. The lowest BCUT2D eigenvalue weighted by Gasteiger charge is -2.09. The van der Waals surface area contributed by atoms with Crippen LogP contribution in [0, 0.1) is 0 Å². The van der Waals surface area contributed by atoms with E-state index in [-0.39, 0.29) is 0 Å². The standard InChI is InChI=1S/C14H12O2/c15-9-13-6-11-3-1-2-4-12(5-11)7-14(8-13)10-16/h1-4,6-7,9-10H,5,8H2/b13-6+,14-7+. The average molecular weight is 212 g/mol. The van der Waals surface area contributed by atoms with Crippen molar-refractivity contribution in [2.45, 2.75) is 12.8 Å². The van der Waals surface area contributed by atoms with Gasteiger partial charge in [-0.1, -0.05) is 36.5 Å². The van der Waals surface area contributed by atoms with Crippen molar-refractivity contribution in [2.24, 2.45) is 0 Å². The molecule has 0 N–H and O–H groups in total. The van der Waals surface area contributed by atoms with Crippen molar-refractivity contribution in [3.05, 3.63) is 58.7 Å². The first kappa shape index (κ1) is 10.6. The van der Waals surface area contributed by atoms with Gasteiger partial charge in [-0.25, -0.2) is 0 Å². The summed E-state index contributed by atoms with van der Waals surface area (Å²) in [4.78, 5) is 21.7. The molecule has 2 nitrogen and oxygen atoms in total. The first-order chi connectivity index (χ1) is 7.81. The lowest BCUT2D eigenvalue weighted by Crippen LogP contribution is -1.97. The molecular weight excluding hydrogens is 200 g/mol. The molecule has 0 radical (unpaired) electrons. The highest BCUT2D eigenvalue weighted by Gasteiger charge is 2.09. The normalized spacial score (nSPS) is 25.8. The third-order valence-electron chi connectivity index (χ3n) is 2.59. The summed E-state index contributed by atoms with van der Waals surface area (Å²) in [5.74, 6) is 0. The molecule has 16 heavy (non-hydrogen) atoms. The van der Waals surface area contributed by atoms with Crippen LogP contribution in [0.15, 0.2) is 58.7 Å². The van der Waals surface area contributed by atoms with Crippen LogP contribution in [0.3, 0.4) is 0 Å². The van der Waals surface area contributed by atoms with E-state index < -0.39 is 0 Å². The molecule has 2 aliphatic carbocycles. The summed E-state index contributed by atoms with van der Waals surface area (Å²) in [6, 6.07) is 0. The van der Waals surface area contributed by atoms with Crippen LogP contribution in [0.5, 0.6) is 0 Å². The Balaban J connectivity index is 2.47. The molecule has 0 unspecified atom stereocenters. The second kappa shape index (κ2) is 4.71. The largest absolute Gasteiger partial charge is 0.298 e. The molecule has 0 heterocycles. The van der Waals surface area contributed by atoms with Gasteiger partial charge in [0.1, 0.15) is 12.6 Å². The van der Waals surface area contributed by atoms with E-state index in [1.54, 1.807) is 0 Å². The van der Waals surface area contributed by atoms with Crippen molar-refractivity contribution >= 4 is 12.6 Å². The van der Waals surface area contributed by atoms with Gasteiger partial charge in [0, 0.05) is 6.42 Å². The van der Waals surface area contributed by atoms with Crippen molar-refractivity contribution in [1.29, 1.82) is 0 Å². The van der Waals surface area contributed by atoms with Gasteiger partial charge in [-0.2, -0.15) is 0 Å². The third-order valence-corrected chi connectivity index (χ3v) is 2.59.